The molecule has 2 rings (SSSR count). The highest BCUT2D eigenvalue weighted by atomic mass is 35.5. The van der Waals surface area contributed by atoms with Crippen LogP contribution in [0.3, 0.4) is 0 Å². The lowest BCUT2D eigenvalue weighted by Gasteiger charge is -1.96. The number of non-ortho nitro benzene ring substituents is 1. The molecule has 1 heterocycles. The van der Waals surface area contributed by atoms with E-state index in [2.05, 4.69) is 10.2 Å². The van der Waals surface area contributed by atoms with Gasteiger partial charge in [0.15, 0.2) is 0 Å². The number of azo groups is 1. The zero-order valence-corrected chi connectivity index (χ0v) is 12.3. The maximum absolute atomic E-state index is 10.6. The largest absolute Gasteiger partial charge is 0.389 e. The maximum atomic E-state index is 10.6. The van der Waals surface area contributed by atoms with E-state index in [0.717, 1.165) is 11.3 Å². The van der Waals surface area contributed by atoms with Gasteiger partial charge in [-0.3, -0.25) is 10.1 Å². The van der Waals surface area contributed by atoms with E-state index in [4.69, 9.17) is 22.6 Å². The second-order valence-corrected chi connectivity index (χ2v) is 5.41. The third-order valence-corrected chi connectivity index (χ3v) is 3.96. The Balaban J connectivity index is 2.34. The van der Waals surface area contributed by atoms with Gasteiger partial charge in [0.1, 0.15) is 21.8 Å². The van der Waals surface area contributed by atoms with Gasteiger partial charge in [-0.15, -0.1) is 10.2 Å². The monoisotopic (exact) mass is 321 g/mol. The van der Waals surface area contributed by atoms with E-state index < -0.39 is 4.92 Å². The SMILES string of the molecule is Cc1c(N=Nc2ccc([N+](=O)[O-])cc2Cl)sc(N)c1C#N. The quantitative estimate of drug-likeness (QED) is 0.509. The van der Waals surface area contributed by atoms with Crippen LogP contribution in [0.4, 0.5) is 21.4 Å². The summed E-state index contributed by atoms with van der Waals surface area (Å²) in [5.41, 5.74) is 6.89. The lowest BCUT2D eigenvalue weighted by atomic mass is 10.2. The molecule has 0 aliphatic heterocycles. The minimum absolute atomic E-state index is 0.121. The van der Waals surface area contributed by atoms with Crippen LogP contribution in [0.5, 0.6) is 0 Å². The molecule has 0 atom stereocenters. The summed E-state index contributed by atoms with van der Waals surface area (Å²) < 4.78 is 0. The van der Waals surface area contributed by atoms with Crippen LogP contribution in [0.2, 0.25) is 5.02 Å². The number of nitrogens with zero attached hydrogens (tertiary/aromatic N) is 4. The van der Waals surface area contributed by atoms with Crippen molar-refractivity contribution in [2.45, 2.75) is 6.92 Å². The lowest BCUT2D eigenvalue weighted by molar-refractivity contribution is -0.384. The Hall–Kier alpha value is -2.50. The summed E-state index contributed by atoms with van der Waals surface area (Å²) in [7, 11) is 0. The van der Waals surface area contributed by atoms with Gasteiger partial charge in [0.05, 0.1) is 15.5 Å². The minimum Gasteiger partial charge on any atom is -0.389 e. The van der Waals surface area contributed by atoms with Gasteiger partial charge in [-0.1, -0.05) is 22.9 Å². The topological polar surface area (TPSA) is 118 Å². The van der Waals surface area contributed by atoms with Crippen molar-refractivity contribution < 1.29 is 4.92 Å². The Bertz CT molecular complexity index is 794. The van der Waals surface area contributed by atoms with Gasteiger partial charge in [0.25, 0.3) is 5.69 Å². The van der Waals surface area contributed by atoms with Crippen molar-refractivity contribution in [3.05, 3.63) is 44.5 Å². The first-order chi connectivity index (χ1) is 9.93. The molecule has 7 nitrogen and oxygen atoms in total. The summed E-state index contributed by atoms with van der Waals surface area (Å²) in [5, 5.41) is 28.5. The summed E-state index contributed by atoms with van der Waals surface area (Å²) in [5.74, 6) is 0. The highest BCUT2D eigenvalue weighted by Gasteiger charge is 2.13. The summed E-state index contributed by atoms with van der Waals surface area (Å²) in [4.78, 5) is 10.1. The number of nitro benzene ring substituents is 1. The molecular formula is C12H8ClN5O2S. The fraction of sp³-hybridized carbons (Fsp3) is 0.0833. The van der Waals surface area contributed by atoms with Crippen LogP contribution in [0, 0.1) is 28.4 Å². The van der Waals surface area contributed by atoms with Gasteiger partial charge in [-0.25, -0.2) is 0 Å². The second kappa shape index (κ2) is 5.87. The number of thiophene rings is 1. The van der Waals surface area contributed by atoms with Gasteiger partial charge in [-0.2, -0.15) is 5.26 Å². The Kier molecular flexibility index (Phi) is 4.16. The molecule has 1 aromatic heterocycles. The number of nitrogens with two attached hydrogens (primary N) is 1. The van der Waals surface area contributed by atoms with E-state index >= 15 is 0 Å². The van der Waals surface area contributed by atoms with Crippen molar-refractivity contribution in [3.8, 4) is 6.07 Å². The molecule has 0 aliphatic rings. The van der Waals surface area contributed by atoms with Crippen molar-refractivity contribution in [2.24, 2.45) is 10.2 Å². The number of nitriles is 1. The predicted molar refractivity (Wildman–Crippen MR) is 80.5 cm³/mol. The predicted octanol–water partition coefficient (Wildman–Crippen LogP) is 4.49. The number of rotatable bonds is 3. The first-order valence-corrected chi connectivity index (χ1v) is 6.78. The van der Waals surface area contributed by atoms with Crippen molar-refractivity contribution >= 4 is 44.3 Å². The molecule has 0 saturated carbocycles. The molecule has 0 aliphatic carbocycles. The average molecular weight is 322 g/mol. The molecule has 106 valence electrons. The highest BCUT2D eigenvalue weighted by Crippen LogP contribution is 2.38. The molecule has 2 aromatic rings. The second-order valence-electron chi connectivity index (χ2n) is 3.98. The van der Waals surface area contributed by atoms with Crippen LogP contribution in [0.15, 0.2) is 28.4 Å². The van der Waals surface area contributed by atoms with Gasteiger partial charge >= 0.3 is 0 Å². The molecule has 0 amide bonds. The Morgan fingerprint density at radius 3 is 2.71 bits per heavy atom. The van der Waals surface area contributed by atoms with Crippen molar-refractivity contribution in [1.29, 1.82) is 5.26 Å². The molecule has 0 radical (unpaired) electrons. The molecule has 0 spiro atoms. The molecular weight excluding hydrogens is 314 g/mol. The molecule has 21 heavy (non-hydrogen) atoms. The van der Waals surface area contributed by atoms with Crippen molar-refractivity contribution in [3.63, 3.8) is 0 Å². The van der Waals surface area contributed by atoms with Crippen molar-refractivity contribution in [2.75, 3.05) is 5.73 Å². The highest BCUT2D eigenvalue weighted by molar-refractivity contribution is 7.20. The van der Waals surface area contributed by atoms with Crippen LogP contribution in [-0.4, -0.2) is 4.92 Å². The maximum Gasteiger partial charge on any atom is 0.271 e. The van der Waals surface area contributed by atoms with Gasteiger partial charge < -0.3 is 5.73 Å². The zero-order chi connectivity index (χ0) is 15.6. The third kappa shape index (κ3) is 2.99. The lowest BCUT2D eigenvalue weighted by Crippen LogP contribution is -1.86. The number of hydrogen-bond acceptors (Lipinski definition) is 7. The molecule has 0 unspecified atom stereocenters. The van der Waals surface area contributed by atoms with Gasteiger partial charge in [0.2, 0.25) is 0 Å². The first kappa shape index (κ1) is 14.9. The van der Waals surface area contributed by atoms with E-state index in [0.29, 0.717) is 26.8 Å². The van der Waals surface area contributed by atoms with E-state index in [1.165, 1.54) is 18.2 Å². The van der Waals surface area contributed by atoms with Gasteiger partial charge in [0, 0.05) is 17.7 Å². The molecule has 9 heteroatoms. The van der Waals surface area contributed by atoms with E-state index in [9.17, 15) is 10.1 Å². The number of benzene rings is 1. The summed E-state index contributed by atoms with van der Waals surface area (Å²) in [6.07, 6.45) is 0. The standard InChI is InChI=1S/C12H8ClN5O2S/c1-6-8(5-14)11(15)21-12(6)17-16-10-3-2-7(18(19)20)4-9(10)13/h2-4H,15H2,1H3. The molecule has 0 saturated heterocycles. The van der Waals surface area contributed by atoms with Crippen LogP contribution in [-0.2, 0) is 0 Å². The van der Waals surface area contributed by atoms with E-state index in [1.807, 2.05) is 6.07 Å². The Morgan fingerprint density at radius 2 is 2.19 bits per heavy atom. The fourth-order valence-corrected chi connectivity index (χ4v) is 2.61. The van der Waals surface area contributed by atoms with Crippen LogP contribution < -0.4 is 5.73 Å². The number of nitro groups is 1. The smallest absolute Gasteiger partial charge is 0.271 e. The number of nitrogen functional groups attached to an aromatic ring is 1. The van der Waals surface area contributed by atoms with Crippen LogP contribution in [0.1, 0.15) is 11.1 Å². The summed E-state index contributed by atoms with van der Waals surface area (Å²) in [6.45, 7) is 1.72. The van der Waals surface area contributed by atoms with Crippen LogP contribution in [0.25, 0.3) is 0 Å². The molecule has 2 N–H and O–H groups in total. The normalized spacial score (nSPS) is 10.7. The number of halogens is 1. The third-order valence-electron chi connectivity index (χ3n) is 2.65. The molecule has 0 bridgehead atoms. The molecule has 0 fully saturated rings. The van der Waals surface area contributed by atoms with Crippen LogP contribution >= 0.6 is 22.9 Å². The summed E-state index contributed by atoms with van der Waals surface area (Å²) >= 11 is 7.05. The average Bonchev–Trinajstić information content (AvgIpc) is 2.71. The summed E-state index contributed by atoms with van der Waals surface area (Å²) in [6, 6.07) is 5.89. The zero-order valence-electron chi connectivity index (χ0n) is 10.7. The Labute approximate surface area is 128 Å². The minimum atomic E-state index is -0.546. The Morgan fingerprint density at radius 1 is 1.48 bits per heavy atom. The molecule has 1 aromatic carbocycles. The van der Waals surface area contributed by atoms with Gasteiger partial charge in [-0.05, 0) is 13.0 Å². The fourth-order valence-electron chi connectivity index (χ4n) is 1.55. The van der Waals surface area contributed by atoms with E-state index in [-0.39, 0.29) is 10.7 Å². The first-order valence-electron chi connectivity index (χ1n) is 5.58. The number of anilines is 1. The van der Waals surface area contributed by atoms with E-state index in [1.54, 1.807) is 6.92 Å². The number of hydrogen-bond donors (Lipinski definition) is 1. The van der Waals surface area contributed by atoms with Crippen molar-refractivity contribution in [1.82, 2.24) is 0 Å².